The molecule has 0 saturated carbocycles. The van der Waals surface area contributed by atoms with Crippen molar-refractivity contribution in [3.63, 3.8) is 0 Å². The molecule has 0 spiro atoms. The summed E-state index contributed by atoms with van der Waals surface area (Å²) in [4.78, 5) is 11.9. The van der Waals surface area contributed by atoms with Gasteiger partial charge in [0.15, 0.2) is 0 Å². The summed E-state index contributed by atoms with van der Waals surface area (Å²) in [6, 6.07) is 14.7. The number of hydrogen-bond acceptors (Lipinski definition) is 2. The van der Waals surface area contributed by atoms with Gasteiger partial charge in [0.05, 0.1) is 12.2 Å². The van der Waals surface area contributed by atoms with Crippen LogP contribution in [0.4, 0.5) is 0 Å². The fraction of sp³-hybridized carbons (Fsp3) is 0.353. The first-order valence-corrected chi connectivity index (χ1v) is 6.89. The minimum Gasteiger partial charge on any atom is -0.462 e. The number of ether oxygens (including phenoxy) is 1. The van der Waals surface area contributed by atoms with Gasteiger partial charge in [-0.15, -0.1) is 0 Å². The van der Waals surface area contributed by atoms with Gasteiger partial charge < -0.3 is 4.74 Å². The van der Waals surface area contributed by atoms with Gasteiger partial charge in [0, 0.05) is 6.07 Å². The molecule has 99 valence electrons. The molecule has 2 aromatic carbocycles. The van der Waals surface area contributed by atoms with Gasteiger partial charge in [-0.2, -0.15) is 0 Å². The van der Waals surface area contributed by atoms with Crippen LogP contribution in [0.15, 0.2) is 36.4 Å². The third-order valence-corrected chi connectivity index (χ3v) is 3.11. The molecule has 0 amide bonds. The highest BCUT2D eigenvalue weighted by molar-refractivity contribution is 5.94. The predicted molar refractivity (Wildman–Crippen MR) is 77.2 cm³/mol. The summed E-state index contributed by atoms with van der Waals surface area (Å²) in [5.41, 5.74) is 0.509. The number of unbranched alkanes of at least 4 members (excludes halogenated alkanes) is 3. The zero-order valence-electron chi connectivity index (χ0n) is 11.3. The fourth-order valence-corrected chi connectivity index (χ4v) is 2.01. The van der Waals surface area contributed by atoms with Crippen LogP contribution in [0.3, 0.4) is 0 Å². The molecule has 0 bridgehead atoms. The molecule has 2 aromatic rings. The van der Waals surface area contributed by atoms with Crippen molar-refractivity contribution in [2.24, 2.45) is 0 Å². The molecule has 0 aromatic heterocycles. The topological polar surface area (TPSA) is 26.3 Å². The average Bonchev–Trinajstić information content (AvgIpc) is 2.46. The van der Waals surface area contributed by atoms with Crippen LogP contribution in [0.5, 0.6) is 0 Å². The lowest BCUT2D eigenvalue weighted by Crippen LogP contribution is -2.06. The van der Waals surface area contributed by atoms with Crippen molar-refractivity contribution in [1.82, 2.24) is 0 Å². The van der Waals surface area contributed by atoms with E-state index in [9.17, 15) is 4.79 Å². The Kier molecular flexibility index (Phi) is 4.96. The first-order chi connectivity index (χ1) is 9.31. The van der Waals surface area contributed by atoms with Crippen LogP contribution in [0.1, 0.15) is 43.0 Å². The molecule has 0 atom stereocenters. The second-order valence-corrected chi connectivity index (χ2v) is 4.66. The van der Waals surface area contributed by atoms with Crippen LogP contribution in [-0.4, -0.2) is 12.6 Å². The molecule has 2 nitrogen and oxygen atoms in total. The van der Waals surface area contributed by atoms with Crippen LogP contribution >= 0.6 is 0 Å². The molecule has 0 fully saturated rings. The SMILES string of the molecule is CCCCCCOC(=O)c1[c]c2ccccc2cc1. The summed E-state index contributed by atoms with van der Waals surface area (Å²) < 4.78 is 5.25. The maximum absolute atomic E-state index is 11.9. The Morgan fingerprint density at radius 2 is 1.95 bits per heavy atom. The number of esters is 1. The number of carbonyl (C=O) groups excluding carboxylic acids is 1. The fourth-order valence-electron chi connectivity index (χ4n) is 2.01. The Morgan fingerprint density at radius 3 is 2.79 bits per heavy atom. The summed E-state index contributed by atoms with van der Waals surface area (Å²) in [6.45, 7) is 2.66. The molecule has 2 rings (SSSR count). The van der Waals surface area contributed by atoms with Crippen LogP contribution in [0.25, 0.3) is 10.8 Å². The molecule has 1 radical (unpaired) electrons. The average molecular weight is 255 g/mol. The van der Waals surface area contributed by atoms with Crippen molar-refractivity contribution in [3.05, 3.63) is 48.0 Å². The van der Waals surface area contributed by atoms with Crippen LogP contribution in [0, 0.1) is 6.07 Å². The van der Waals surface area contributed by atoms with Gasteiger partial charge in [-0.3, -0.25) is 0 Å². The molecule has 19 heavy (non-hydrogen) atoms. The maximum atomic E-state index is 11.9. The third kappa shape index (κ3) is 3.82. The zero-order valence-corrected chi connectivity index (χ0v) is 11.3. The number of carbonyl (C=O) groups is 1. The summed E-state index contributed by atoms with van der Waals surface area (Å²) in [7, 11) is 0. The minimum atomic E-state index is -0.276. The highest BCUT2D eigenvalue weighted by atomic mass is 16.5. The van der Waals surface area contributed by atoms with E-state index < -0.39 is 0 Å². The molecule has 0 saturated heterocycles. The summed E-state index contributed by atoms with van der Waals surface area (Å²) in [5.74, 6) is -0.276. The van der Waals surface area contributed by atoms with Crippen molar-refractivity contribution >= 4 is 16.7 Å². The number of fused-ring (bicyclic) bond motifs is 1. The second kappa shape index (κ2) is 6.93. The standard InChI is InChI=1S/C17H19O2/c1-2-3-4-7-12-19-17(18)16-11-10-14-8-5-6-9-15(14)13-16/h5-6,8-11H,2-4,7,12H2,1H3. The van der Waals surface area contributed by atoms with E-state index in [0.717, 1.165) is 23.6 Å². The number of benzene rings is 2. The van der Waals surface area contributed by atoms with Crippen molar-refractivity contribution < 1.29 is 9.53 Å². The van der Waals surface area contributed by atoms with Gasteiger partial charge in [0.1, 0.15) is 0 Å². The molecule has 0 aliphatic carbocycles. The zero-order chi connectivity index (χ0) is 13.5. The van der Waals surface area contributed by atoms with Gasteiger partial charge in [-0.05, 0) is 23.3 Å². The summed E-state index contributed by atoms with van der Waals surface area (Å²) in [6.07, 6.45) is 4.43. The van der Waals surface area contributed by atoms with E-state index >= 15 is 0 Å². The van der Waals surface area contributed by atoms with Crippen LogP contribution < -0.4 is 0 Å². The smallest absolute Gasteiger partial charge is 0.338 e. The van der Waals surface area contributed by atoms with E-state index in [2.05, 4.69) is 13.0 Å². The van der Waals surface area contributed by atoms with E-state index in [1.807, 2.05) is 30.3 Å². The molecule has 0 unspecified atom stereocenters. The Balaban J connectivity index is 1.93. The van der Waals surface area contributed by atoms with E-state index in [0.29, 0.717) is 12.2 Å². The van der Waals surface area contributed by atoms with Crippen molar-refractivity contribution in [1.29, 1.82) is 0 Å². The third-order valence-electron chi connectivity index (χ3n) is 3.11. The molecule has 2 heteroatoms. The Hall–Kier alpha value is -1.83. The van der Waals surface area contributed by atoms with E-state index in [4.69, 9.17) is 4.74 Å². The summed E-state index contributed by atoms with van der Waals surface area (Å²) in [5, 5.41) is 2.03. The van der Waals surface area contributed by atoms with Gasteiger partial charge in [-0.1, -0.05) is 56.5 Å². The highest BCUT2D eigenvalue weighted by Gasteiger charge is 2.07. The highest BCUT2D eigenvalue weighted by Crippen LogP contribution is 2.15. The van der Waals surface area contributed by atoms with Crippen molar-refractivity contribution in [2.75, 3.05) is 6.61 Å². The molecular formula is C17H19O2. The molecule has 0 aliphatic heterocycles. The summed E-state index contributed by atoms with van der Waals surface area (Å²) >= 11 is 0. The maximum Gasteiger partial charge on any atom is 0.338 e. The largest absolute Gasteiger partial charge is 0.462 e. The first kappa shape index (κ1) is 13.6. The monoisotopic (exact) mass is 255 g/mol. The van der Waals surface area contributed by atoms with Gasteiger partial charge in [0.25, 0.3) is 0 Å². The molecule has 0 heterocycles. The molecule has 0 N–H and O–H groups in total. The van der Waals surface area contributed by atoms with Gasteiger partial charge >= 0.3 is 5.97 Å². The van der Waals surface area contributed by atoms with E-state index in [-0.39, 0.29) is 5.97 Å². The quantitative estimate of drug-likeness (QED) is 0.565. The van der Waals surface area contributed by atoms with Crippen LogP contribution in [0.2, 0.25) is 0 Å². The normalized spacial score (nSPS) is 10.6. The predicted octanol–water partition coefficient (Wildman–Crippen LogP) is 4.38. The molecular weight excluding hydrogens is 236 g/mol. The van der Waals surface area contributed by atoms with Gasteiger partial charge in [0.2, 0.25) is 0 Å². The Bertz CT molecular complexity index is 546. The van der Waals surface area contributed by atoms with Gasteiger partial charge in [-0.25, -0.2) is 4.79 Å². The minimum absolute atomic E-state index is 0.276. The Morgan fingerprint density at radius 1 is 1.11 bits per heavy atom. The van der Waals surface area contributed by atoms with E-state index in [1.165, 1.54) is 12.8 Å². The van der Waals surface area contributed by atoms with E-state index in [1.54, 1.807) is 6.07 Å². The van der Waals surface area contributed by atoms with Crippen LogP contribution in [-0.2, 0) is 4.74 Å². The number of rotatable bonds is 6. The molecule has 0 aliphatic rings. The Labute approximate surface area is 114 Å². The lowest BCUT2D eigenvalue weighted by molar-refractivity contribution is 0.0497. The lowest BCUT2D eigenvalue weighted by atomic mass is 10.1. The first-order valence-electron chi connectivity index (χ1n) is 6.89. The van der Waals surface area contributed by atoms with Crippen molar-refractivity contribution in [2.45, 2.75) is 32.6 Å². The lowest BCUT2D eigenvalue weighted by Gasteiger charge is -2.05. The van der Waals surface area contributed by atoms with Crippen molar-refractivity contribution in [3.8, 4) is 0 Å². The number of hydrogen-bond donors (Lipinski definition) is 0. The second-order valence-electron chi connectivity index (χ2n) is 4.66.